The highest BCUT2D eigenvalue weighted by atomic mass is 79.9. The minimum absolute atomic E-state index is 0.0742. The number of nitrogens with zero attached hydrogens (tertiary/aromatic N) is 1. The molecule has 1 N–H and O–H groups in total. The Hall–Kier alpha value is -1.02. The number of aromatic nitrogens is 1. The van der Waals surface area contributed by atoms with Gasteiger partial charge in [-0.05, 0) is 39.5 Å². The number of amides is 1. The fourth-order valence-corrected chi connectivity index (χ4v) is 4.65. The molecule has 3 rings (SSSR count). The smallest absolute Gasteiger partial charge is 0.263 e. The highest BCUT2D eigenvalue weighted by Crippen LogP contribution is 2.29. The molecule has 3 heterocycles. The van der Waals surface area contributed by atoms with Gasteiger partial charge in [0, 0.05) is 4.88 Å². The Morgan fingerprint density at radius 1 is 1.30 bits per heavy atom. The third-order valence-corrected chi connectivity index (χ3v) is 6.17. The lowest BCUT2D eigenvalue weighted by Gasteiger charge is -2.00. The molecule has 0 bridgehead atoms. The Morgan fingerprint density at radius 3 is 2.90 bits per heavy atom. The summed E-state index contributed by atoms with van der Waals surface area (Å²) in [5, 5.41) is 5.81. The first-order valence-corrected chi connectivity index (χ1v) is 9.05. The van der Waals surface area contributed by atoms with Crippen LogP contribution in [-0.2, 0) is 6.54 Å². The molecule has 0 unspecified atom stereocenters. The van der Waals surface area contributed by atoms with Crippen LogP contribution in [0.4, 0.5) is 0 Å². The molecule has 0 saturated heterocycles. The van der Waals surface area contributed by atoms with Crippen LogP contribution in [0.3, 0.4) is 0 Å². The van der Waals surface area contributed by atoms with Gasteiger partial charge in [-0.15, -0.1) is 34.0 Å². The van der Waals surface area contributed by atoms with Gasteiger partial charge in [0.15, 0.2) is 0 Å². The summed E-state index contributed by atoms with van der Waals surface area (Å²) in [7, 11) is 0. The summed E-state index contributed by atoms with van der Waals surface area (Å²) >= 11 is 8.08. The zero-order valence-electron chi connectivity index (χ0n) is 10.1. The molecular weight excluding hydrogens is 376 g/mol. The van der Waals surface area contributed by atoms with Gasteiger partial charge in [0.25, 0.3) is 5.91 Å². The Morgan fingerprint density at radius 2 is 2.20 bits per heavy atom. The predicted octanol–water partition coefficient (Wildman–Crippen LogP) is 4.63. The highest BCUT2D eigenvalue weighted by molar-refractivity contribution is 9.11. The van der Waals surface area contributed by atoms with Gasteiger partial charge in [-0.2, -0.15) is 0 Å². The van der Waals surface area contributed by atoms with Gasteiger partial charge >= 0.3 is 0 Å². The van der Waals surface area contributed by atoms with Crippen molar-refractivity contribution in [1.29, 1.82) is 0 Å². The van der Waals surface area contributed by atoms with Crippen molar-refractivity contribution in [2.24, 2.45) is 0 Å². The van der Waals surface area contributed by atoms with E-state index in [-0.39, 0.29) is 5.91 Å². The number of hydrogen-bond donors (Lipinski definition) is 1. The number of rotatable bonds is 4. The van der Waals surface area contributed by atoms with Crippen LogP contribution in [-0.4, -0.2) is 10.9 Å². The number of halogens is 1. The van der Waals surface area contributed by atoms with Crippen molar-refractivity contribution in [1.82, 2.24) is 10.3 Å². The normalized spacial score (nSPS) is 10.7. The molecule has 1 amide bonds. The van der Waals surface area contributed by atoms with Crippen molar-refractivity contribution in [3.63, 3.8) is 0 Å². The van der Waals surface area contributed by atoms with Crippen molar-refractivity contribution >= 4 is 55.8 Å². The minimum atomic E-state index is -0.0742. The fourth-order valence-electron chi connectivity index (χ4n) is 1.59. The van der Waals surface area contributed by atoms with Crippen LogP contribution < -0.4 is 5.32 Å². The van der Waals surface area contributed by atoms with Crippen LogP contribution in [0, 0.1) is 0 Å². The molecule has 3 aromatic heterocycles. The number of nitrogens with one attached hydrogen (secondary N) is 1. The molecule has 0 radical (unpaired) electrons. The summed E-state index contributed by atoms with van der Waals surface area (Å²) < 4.78 is 1.07. The van der Waals surface area contributed by atoms with Crippen molar-refractivity contribution in [2.75, 3.05) is 0 Å². The van der Waals surface area contributed by atoms with Crippen LogP contribution in [0.1, 0.15) is 14.5 Å². The van der Waals surface area contributed by atoms with Crippen molar-refractivity contribution in [3.05, 3.63) is 49.4 Å². The maximum absolute atomic E-state index is 12.1. The Kier molecular flexibility index (Phi) is 4.30. The second-order valence-corrected chi connectivity index (χ2v) is 8.42. The molecule has 3 aromatic rings. The van der Waals surface area contributed by atoms with Crippen LogP contribution in [0.15, 0.2) is 39.6 Å². The topological polar surface area (TPSA) is 42.0 Å². The number of thiazole rings is 1. The van der Waals surface area contributed by atoms with Crippen molar-refractivity contribution < 1.29 is 4.79 Å². The van der Waals surface area contributed by atoms with E-state index < -0.39 is 0 Å². The van der Waals surface area contributed by atoms with Crippen molar-refractivity contribution in [3.8, 4) is 9.88 Å². The van der Waals surface area contributed by atoms with E-state index in [4.69, 9.17) is 0 Å². The maximum atomic E-state index is 12.1. The van der Waals surface area contributed by atoms with E-state index in [0.29, 0.717) is 11.4 Å². The standard InChI is InChI=1S/C13H9BrN2OS3/c14-11-4-3-8(19-11)6-15-12(17)10-7-16-13(20-10)9-2-1-5-18-9/h1-5,7H,6H2,(H,15,17). The summed E-state index contributed by atoms with van der Waals surface area (Å²) in [5.74, 6) is -0.0742. The number of hydrogen-bond acceptors (Lipinski definition) is 5. The molecule has 7 heteroatoms. The number of carbonyl (C=O) groups is 1. The average Bonchev–Trinajstić information content (AvgIpc) is 3.16. The lowest BCUT2D eigenvalue weighted by Crippen LogP contribution is -2.21. The van der Waals surface area contributed by atoms with E-state index in [1.807, 2.05) is 29.6 Å². The van der Waals surface area contributed by atoms with E-state index in [0.717, 1.165) is 18.5 Å². The third-order valence-electron chi connectivity index (χ3n) is 2.51. The molecule has 0 aliphatic heterocycles. The van der Waals surface area contributed by atoms with Crippen molar-refractivity contribution in [2.45, 2.75) is 6.54 Å². The van der Waals surface area contributed by atoms with Crippen LogP contribution in [0.5, 0.6) is 0 Å². The lowest BCUT2D eigenvalue weighted by molar-refractivity contribution is 0.0955. The first-order valence-electron chi connectivity index (χ1n) is 5.74. The molecule has 3 nitrogen and oxygen atoms in total. The monoisotopic (exact) mass is 384 g/mol. The Balaban J connectivity index is 1.65. The second kappa shape index (κ2) is 6.17. The van der Waals surface area contributed by atoms with E-state index in [2.05, 4.69) is 26.2 Å². The average molecular weight is 385 g/mol. The molecule has 0 saturated carbocycles. The van der Waals surface area contributed by atoms with Crippen LogP contribution >= 0.6 is 49.9 Å². The minimum Gasteiger partial charge on any atom is -0.346 e. The molecule has 0 fully saturated rings. The van der Waals surface area contributed by atoms with Gasteiger partial charge in [-0.3, -0.25) is 4.79 Å². The first kappa shape index (κ1) is 13.9. The van der Waals surface area contributed by atoms with Gasteiger partial charge < -0.3 is 5.32 Å². The summed E-state index contributed by atoms with van der Waals surface area (Å²) in [6, 6.07) is 7.97. The van der Waals surface area contributed by atoms with Gasteiger partial charge in [0.05, 0.1) is 21.4 Å². The van der Waals surface area contributed by atoms with E-state index in [1.54, 1.807) is 28.9 Å². The summed E-state index contributed by atoms with van der Waals surface area (Å²) in [6.07, 6.45) is 1.64. The summed E-state index contributed by atoms with van der Waals surface area (Å²) in [5.41, 5.74) is 0. The fraction of sp³-hybridized carbons (Fsp3) is 0.0769. The quantitative estimate of drug-likeness (QED) is 0.712. The summed E-state index contributed by atoms with van der Waals surface area (Å²) in [6.45, 7) is 0.543. The maximum Gasteiger partial charge on any atom is 0.263 e. The van der Waals surface area contributed by atoms with E-state index in [1.165, 1.54) is 11.3 Å². The molecule has 0 spiro atoms. The van der Waals surface area contributed by atoms with Crippen LogP contribution in [0.25, 0.3) is 9.88 Å². The lowest BCUT2D eigenvalue weighted by atomic mass is 10.4. The zero-order chi connectivity index (χ0) is 13.9. The predicted molar refractivity (Wildman–Crippen MR) is 88.6 cm³/mol. The van der Waals surface area contributed by atoms with Gasteiger partial charge in [-0.1, -0.05) is 6.07 Å². The number of thiophene rings is 2. The molecule has 0 aromatic carbocycles. The SMILES string of the molecule is O=C(NCc1ccc(Br)s1)c1cnc(-c2cccs2)s1. The van der Waals surface area contributed by atoms with Gasteiger partial charge in [-0.25, -0.2) is 4.98 Å². The molecule has 20 heavy (non-hydrogen) atoms. The third kappa shape index (κ3) is 3.17. The second-order valence-electron chi connectivity index (χ2n) is 3.90. The summed E-state index contributed by atoms with van der Waals surface area (Å²) in [4.78, 5) is 19.2. The zero-order valence-corrected chi connectivity index (χ0v) is 14.2. The van der Waals surface area contributed by atoms with E-state index in [9.17, 15) is 4.79 Å². The highest BCUT2D eigenvalue weighted by Gasteiger charge is 2.12. The van der Waals surface area contributed by atoms with Gasteiger partial charge in [0.2, 0.25) is 0 Å². The molecule has 0 aliphatic rings. The Labute approximate surface area is 136 Å². The molecule has 0 atom stereocenters. The largest absolute Gasteiger partial charge is 0.346 e. The molecular formula is C13H9BrN2OS3. The number of carbonyl (C=O) groups excluding carboxylic acids is 1. The van der Waals surface area contributed by atoms with Crippen LogP contribution in [0.2, 0.25) is 0 Å². The first-order chi connectivity index (χ1) is 9.72. The molecule has 102 valence electrons. The Bertz CT molecular complexity index is 718. The van der Waals surface area contributed by atoms with E-state index >= 15 is 0 Å². The van der Waals surface area contributed by atoms with Gasteiger partial charge in [0.1, 0.15) is 9.88 Å². The molecule has 0 aliphatic carbocycles.